The lowest BCUT2D eigenvalue weighted by atomic mass is 10.00. The van der Waals surface area contributed by atoms with Gasteiger partial charge in [-0.1, -0.05) is 48.5 Å². The summed E-state index contributed by atoms with van der Waals surface area (Å²) in [5.74, 6) is 0.735. The monoisotopic (exact) mass is 252 g/mol. The number of rotatable bonds is 3. The highest BCUT2D eigenvalue weighted by atomic mass is 16.5. The lowest BCUT2D eigenvalue weighted by Crippen LogP contribution is -2.05. The van der Waals surface area contributed by atoms with Crippen LogP contribution in [-0.4, -0.2) is 13.1 Å². The average molecular weight is 252 g/mol. The largest absolute Gasteiger partial charge is 0.465 e. The molecule has 2 aromatic carbocycles. The first-order chi connectivity index (χ1) is 9.31. The Morgan fingerprint density at radius 2 is 1.68 bits per heavy atom. The van der Waals surface area contributed by atoms with Crippen LogP contribution in [0.4, 0.5) is 0 Å². The zero-order valence-electron chi connectivity index (χ0n) is 10.9. The summed E-state index contributed by atoms with van der Waals surface area (Å²) in [6, 6.07) is 18.2. The van der Waals surface area contributed by atoms with Crippen molar-refractivity contribution in [3.05, 3.63) is 71.3 Å². The molecule has 2 unspecified atom stereocenters. The van der Waals surface area contributed by atoms with Gasteiger partial charge < -0.3 is 4.74 Å². The molecule has 19 heavy (non-hydrogen) atoms. The Labute approximate surface area is 113 Å². The SMILES string of the molecule is COC(=O)c1ccccc1C1CC1c1ccccc1. The molecule has 0 aromatic heterocycles. The van der Waals surface area contributed by atoms with Crippen molar-refractivity contribution in [2.75, 3.05) is 7.11 Å². The highest BCUT2D eigenvalue weighted by Crippen LogP contribution is 2.55. The van der Waals surface area contributed by atoms with Crippen molar-refractivity contribution in [1.29, 1.82) is 0 Å². The van der Waals surface area contributed by atoms with E-state index in [1.165, 1.54) is 12.7 Å². The molecule has 0 spiro atoms. The van der Waals surface area contributed by atoms with E-state index >= 15 is 0 Å². The smallest absolute Gasteiger partial charge is 0.338 e. The summed E-state index contributed by atoms with van der Waals surface area (Å²) in [7, 11) is 1.43. The number of carbonyl (C=O) groups excluding carboxylic acids is 1. The Morgan fingerprint density at radius 1 is 1.00 bits per heavy atom. The van der Waals surface area contributed by atoms with Crippen LogP contribution < -0.4 is 0 Å². The molecule has 2 aromatic rings. The number of benzene rings is 2. The van der Waals surface area contributed by atoms with Gasteiger partial charge in [-0.25, -0.2) is 4.79 Å². The van der Waals surface area contributed by atoms with E-state index in [2.05, 4.69) is 24.3 Å². The Morgan fingerprint density at radius 3 is 2.42 bits per heavy atom. The molecule has 96 valence electrons. The minimum Gasteiger partial charge on any atom is -0.465 e. The molecule has 1 saturated carbocycles. The highest BCUT2D eigenvalue weighted by Gasteiger charge is 2.41. The van der Waals surface area contributed by atoms with E-state index in [1.807, 2.05) is 30.3 Å². The lowest BCUT2D eigenvalue weighted by molar-refractivity contribution is 0.0599. The van der Waals surface area contributed by atoms with Crippen LogP contribution in [0.1, 0.15) is 39.7 Å². The van der Waals surface area contributed by atoms with E-state index in [0.717, 1.165) is 12.0 Å². The molecule has 0 radical (unpaired) electrons. The lowest BCUT2D eigenvalue weighted by Gasteiger charge is -2.07. The second-order valence-electron chi connectivity index (χ2n) is 4.94. The predicted molar refractivity (Wildman–Crippen MR) is 74.3 cm³/mol. The normalized spacial score (nSPS) is 20.9. The molecule has 1 fully saturated rings. The second-order valence-corrected chi connectivity index (χ2v) is 4.94. The zero-order chi connectivity index (χ0) is 13.2. The van der Waals surface area contributed by atoms with E-state index in [0.29, 0.717) is 17.4 Å². The number of carbonyl (C=O) groups is 1. The van der Waals surface area contributed by atoms with Gasteiger partial charge in [-0.3, -0.25) is 0 Å². The minimum absolute atomic E-state index is 0.241. The van der Waals surface area contributed by atoms with Crippen LogP contribution in [0.15, 0.2) is 54.6 Å². The van der Waals surface area contributed by atoms with E-state index in [-0.39, 0.29) is 5.97 Å². The molecule has 2 nitrogen and oxygen atoms in total. The molecule has 1 aliphatic rings. The van der Waals surface area contributed by atoms with Gasteiger partial charge >= 0.3 is 5.97 Å². The van der Waals surface area contributed by atoms with Crippen LogP contribution >= 0.6 is 0 Å². The van der Waals surface area contributed by atoms with Crippen LogP contribution in [0, 0.1) is 0 Å². The minimum atomic E-state index is -0.241. The van der Waals surface area contributed by atoms with Gasteiger partial charge in [-0.2, -0.15) is 0 Å². The molecule has 3 rings (SSSR count). The van der Waals surface area contributed by atoms with Crippen LogP contribution in [0.5, 0.6) is 0 Å². The van der Waals surface area contributed by atoms with Gasteiger partial charge in [0.2, 0.25) is 0 Å². The molecule has 0 bridgehead atoms. The predicted octanol–water partition coefficient (Wildman–Crippen LogP) is 3.74. The average Bonchev–Trinajstić information content (AvgIpc) is 3.28. The van der Waals surface area contributed by atoms with Gasteiger partial charge in [-0.05, 0) is 35.4 Å². The van der Waals surface area contributed by atoms with Gasteiger partial charge in [0.25, 0.3) is 0 Å². The topological polar surface area (TPSA) is 26.3 Å². The quantitative estimate of drug-likeness (QED) is 0.778. The van der Waals surface area contributed by atoms with Crippen molar-refractivity contribution in [3.8, 4) is 0 Å². The Hall–Kier alpha value is -2.09. The summed E-state index contributed by atoms with van der Waals surface area (Å²) >= 11 is 0. The molecule has 0 amide bonds. The maximum absolute atomic E-state index is 11.8. The van der Waals surface area contributed by atoms with Crippen molar-refractivity contribution in [2.24, 2.45) is 0 Å². The molecule has 0 heterocycles. The Kier molecular flexibility index (Phi) is 3.08. The molecule has 0 saturated heterocycles. The molecule has 2 atom stereocenters. The van der Waals surface area contributed by atoms with Gasteiger partial charge in [-0.15, -0.1) is 0 Å². The fourth-order valence-electron chi connectivity index (χ4n) is 2.72. The third kappa shape index (κ3) is 2.26. The van der Waals surface area contributed by atoms with Crippen LogP contribution in [0.3, 0.4) is 0 Å². The second kappa shape index (κ2) is 4.88. The summed E-state index contributed by atoms with van der Waals surface area (Å²) in [5.41, 5.74) is 3.17. The van der Waals surface area contributed by atoms with Gasteiger partial charge in [0.05, 0.1) is 12.7 Å². The van der Waals surface area contributed by atoms with Crippen LogP contribution in [0.25, 0.3) is 0 Å². The van der Waals surface area contributed by atoms with Crippen molar-refractivity contribution < 1.29 is 9.53 Å². The Balaban J connectivity index is 1.88. The van der Waals surface area contributed by atoms with Gasteiger partial charge in [0.1, 0.15) is 0 Å². The highest BCUT2D eigenvalue weighted by molar-refractivity contribution is 5.91. The molecule has 1 aliphatic carbocycles. The first-order valence-corrected chi connectivity index (χ1v) is 6.53. The third-order valence-corrected chi connectivity index (χ3v) is 3.78. The molecule has 0 N–H and O–H groups in total. The number of esters is 1. The van der Waals surface area contributed by atoms with E-state index in [9.17, 15) is 4.79 Å². The summed E-state index contributed by atoms with van der Waals surface area (Å²) in [5, 5.41) is 0. The summed E-state index contributed by atoms with van der Waals surface area (Å²) in [6.07, 6.45) is 1.11. The van der Waals surface area contributed by atoms with Crippen molar-refractivity contribution in [2.45, 2.75) is 18.3 Å². The maximum Gasteiger partial charge on any atom is 0.338 e. The van der Waals surface area contributed by atoms with E-state index in [4.69, 9.17) is 4.74 Å². The number of hydrogen-bond acceptors (Lipinski definition) is 2. The van der Waals surface area contributed by atoms with Crippen LogP contribution in [0.2, 0.25) is 0 Å². The maximum atomic E-state index is 11.8. The number of hydrogen-bond donors (Lipinski definition) is 0. The van der Waals surface area contributed by atoms with E-state index < -0.39 is 0 Å². The first-order valence-electron chi connectivity index (χ1n) is 6.53. The number of methoxy groups -OCH3 is 1. The fraction of sp³-hybridized carbons (Fsp3) is 0.235. The zero-order valence-corrected chi connectivity index (χ0v) is 10.9. The Bertz CT molecular complexity index is 589. The summed E-state index contributed by atoms with van der Waals surface area (Å²) in [4.78, 5) is 11.8. The molecule has 2 heteroatoms. The summed E-state index contributed by atoms with van der Waals surface area (Å²) in [6.45, 7) is 0. The first kappa shape index (κ1) is 12.0. The van der Waals surface area contributed by atoms with Crippen molar-refractivity contribution in [3.63, 3.8) is 0 Å². The third-order valence-electron chi connectivity index (χ3n) is 3.78. The number of ether oxygens (including phenoxy) is 1. The van der Waals surface area contributed by atoms with Gasteiger partial charge in [0, 0.05) is 0 Å². The fourth-order valence-corrected chi connectivity index (χ4v) is 2.72. The summed E-state index contributed by atoms with van der Waals surface area (Å²) < 4.78 is 4.86. The van der Waals surface area contributed by atoms with E-state index in [1.54, 1.807) is 0 Å². The van der Waals surface area contributed by atoms with Crippen molar-refractivity contribution in [1.82, 2.24) is 0 Å². The molecular weight excluding hydrogens is 236 g/mol. The van der Waals surface area contributed by atoms with Gasteiger partial charge in [0.15, 0.2) is 0 Å². The van der Waals surface area contributed by atoms with Crippen LogP contribution in [-0.2, 0) is 4.74 Å². The molecule has 0 aliphatic heterocycles. The molecular formula is C17H16O2. The standard InChI is InChI=1S/C17H16O2/c1-19-17(18)14-10-6-5-9-13(14)16-11-15(16)12-7-3-2-4-8-12/h2-10,15-16H,11H2,1H3. The van der Waals surface area contributed by atoms with Crippen molar-refractivity contribution >= 4 is 5.97 Å².